The zero-order valence-electron chi connectivity index (χ0n) is 9.13. The quantitative estimate of drug-likeness (QED) is 0.373. The summed E-state index contributed by atoms with van der Waals surface area (Å²) in [4.78, 5) is 22.0. The van der Waals surface area contributed by atoms with E-state index in [9.17, 15) is 9.59 Å². The number of hydrogen-bond donors (Lipinski definition) is 0. The lowest BCUT2D eigenvalue weighted by atomic mass is 9.87. The fraction of sp³-hybridized carbons (Fsp3) is 0.636. The Balaban J connectivity index is 3.86. The Hall–Kier alpha value is -1.12. The van der Waals surface area contributed by atoms with Gasteiger partial charge in [0.1, 0.15) is 12.2 Å². The van der Waals surface area contributed by atoms with E-state index in [1.54, 1.807) is 0 Å². The Labute approximate surface area is 85.1 Å². The number of carbonyl (C=O) groups is 2. The molecule has 3 heteroatoms. The zero-order valence-corrected chi connectivity index (χ0v) is 9.13. The minimum atomic E-state index is -0.466. The van der Waals surface area contributed by atoms with Crippen molar-refractivity contribution in [3.63, 3.8) is 0 Å². The average Bonchev–Trinajstić information content (AvgIpc) is 2.15. The molecule has 0 aliphatic carbocycles. The fourth-order valence-electron chi connectivity index (χ4n) is 0.885. The highest BCUT2D eigenvalue weighted by Crippen LogP contribution is 2.23. The molecule has 0 N–H and O–H groups in total. The number of ketones is 1. The summed E-state index contributed by atoms with van der Waals surface area (Å²) in [5, 5.41) is 0. The van der Waals surface area contributed by atoms with Crippen molar-refractivity contribution in [2.24, 2.45) is 5.41 Å². The highest BCUT2D eigenvalue weighted by molar-refractivity contribution is 5.95. The lowest BCUT2D eigenvalue weighted by Gasteiger charge is -2.18. The minimum Gasteiger partial charge on any atom is -0.469 e. The van der Waals surface area contributed by atoms with Crippen LogP contribution in [0, 0.1) is 5.41 Å². The molecule has 0 unspecified atom stereocenters. The molecule has 3 nitrogen and oxygen atoms in total. The van der Waals surface area contributed by atoms with Crippen molar-refractivity contribution in [2.75, 3.05) is 7.11 Å². The van der Waals surface area contributed by atoms with Gasteiger partial charge in [-0.2, -0.15) is 0 Å². The van der Waals surface area contributed by atoms with Crippen LogP contribution in [-0.2, 0) is 14.3 Å². The van der Waals surface area contributed by atoms with Crippen molar-refractivity contribution in [1.29, 1.82) is 0 Å². The van der Waals surface area contributed by atoms with Crippen molar-refractivity contribution >= 4 is 11.8 Å². The maximum atomic E-state index is 11.2. The van der Waals surface area contributed by atoms with Crippen LogP contribution in [0.4, 0.5) is 0 Å². The van der Waals surface area contributed by atoms with Crippen LogP contribution in [0.15, 0.2) is 12.7 Å². The summed E-state index contributed by atoms with van der Waals surface area (Å²) in [5.74, 6) is -0.543. The van der Waals surface area contributed by atoms with E-state index < -0.39 is 5.97 Å². The van der Waals surface area contributed by atoms with Crippen molar-refractivity contribution in [1.82, 2.24) is 0 Å². The predicted molar refractivity (Wildman–Crippen MR) is 54.9 cm³/mol. The van der Waals surface area contributed by atoms with Gasteiger partial charge in [-0.25, -0.2) is 0 Å². The lowest BCUT2D eigenvalue weighted by Crippen LogP contribution is -2.13. The van der Waals surface area contributed by atoms with Crippen molar-refractivity contribution in [2.45, 2.75) is 33.1 Å². The van der Waals surface area contributed by atoms with E-state index in [-0.39, 0.29) is 17.6 Å². The summed E-state index contributed by atoms with van der Waals surface area (Å²) in [7, 11) is 1.28. The van der Waals surface area contributed by atoms with Crippen molar-refractivity contribution in [3.05, 3.63) is 12.7 Å². The number of rotatable bonds is 6. The molecule has 0 aromatic heterocycles. The van der Waals surface area contributed by atoms with Crippen LogP contribution in [0.1, 0.15) is 33.1 Å². The van der Waals surface area contributed by atoms with Gasteiger partial charge >= 0.3 is 5.97 Å². The molecule has 0 fully saturated rings. The van der Waals surface area contributed by atoms with E-state index in [2.05, 4.69) is 11.3 Å². The summed E-state index contributed by atoms with van der Waals surface area (Å²) in [6, 6.07) is 0. The number of carbonyl (C=O) groups excluding carboxylic acids is 2. The molecule has 0 saturated heterocycles. The Kier molecular flexibility index (Phi) is 5.13. The highest BCUT2D eigenvalue weighted by atomic mass is 16.5. The van der Waals surface area contributed by atoms with Crippen LogP contribution in [0.3, 0.4) is 0 Å². The third-order valence-electron chi connectivity index (χ3n) is 2.17. The van der Waals surface area contributed by atoms with Gasteiger partial charge in [-0.1, -0.05) is 19.9 Å². The molecule has 0 saturated carbocycles. The van der Waals surface area contributed by atoms with Gasteiger partial charge in [0.05, 0.1) is 7.11 Å². The molecule has 0 aromatic rings. The van der Waals surface area contributed by atoms with E-state index in [1.807, 2.05) is 19.9 Å². The fourth-order valence-corrected chi connectivity index (χ4v) is 0.885. The van der Waals surface area contributed by atoms with E-state index in [0.717, 1.165) is 0 Å². The highest BCUT2D eigenvalue weighted by Gasteiger charge is 2.16. The molecule has 0 aromatic carbocycles. The Bertz CT molecular complexity index is 229. The number of methoxy groups -OCH3 is 1. The molecule has 0 aliphatic heterocycles. The maximum Gasteiger partial charge on any atom is 0.313 e. The molecule has 80 valence electrons. The molecule has 0 aliphatic rings. The van der Waals surface area contributed by atoms with Gasteiger partial charge in [0.25, 0.3) is 0 Å². The molecule has 0 atom stereocenters. The van der Waals surface area contributed by atoms with Crippen LogP contribution in [0.5, 0.6) is 0 Å². The molecular weight excluding hydrogens is 180 g/mol. The minimum absolute atomic E-state index is 0.0498. The summed E-state index contributed by atoms with van der Waals surface area (Å²) in [6.07, 6.45) is 2.81. The van der Waals surface area contributed by atoms with Gasteiger partial charge in [-0.3, -0.25) is 9.59 Å². The third kappa shape index (κ3) is 5.51. The largest absolute Gasteiger partial charge is 0.469 e. The molecule has 14 heavy (non-hydrogen) atoms. The van der Waals surface area contributed by atoms with Crippen LogP contribution >= 0.6 is 0 Å². The number of allylic oxidation sites excluding steroid dienone is 1. The van der Waals surface area contributed by atoms with E-state index in [4.69, 9.17) is 0 Å². The number of esters is 1. The number of Topliss-reactive ketones (excluding diaryl/α,β-unsaturated/α-hetero) is 1. The summed E-state index contributed by atoms with van der Waals surface area (Å²) in [6.45, 7) is 7.70. The average molecular weight is 198 g/mol. The second-order valence-corrected chi connectivity index (χ2v) is 3.98. The topological polar surface area (TPSA) is 43.4 Å². The van der Waals surface area contributed by atoms with Gasteiger partial charge in [0, 0.05) is 6.42 Å². The van der Waals surface area contributed by atoms with Gasteiger partial charge in [0.2, 0.25) is 0 Å². The van der Waals surface area contributed by atoms with Crippen LogP contribution in [0.25, 0.3) is 0 Å². The zero-order chi connectivity index (χ0) is 11.2. The van der Waals surface area contributed by atoms with Crippen molar-refractivity contribution < 1.29 is 14.3 Å². The van der Waals surface area contributed by atoms with Crippen LogP contribution < -0.4 is 0 Å². The molecule has 0 radical (unpaired) electrons. The first-order valence-corrected chi connectivity index (χ1v) is 4.63. The predicted octanol–water partition coefficient (Wildman–Crippen LogP) is 2.11. The summed E-state index contributed by atoms with van der Waals surface area (Å²) in [5.41, 5.74) is -0.0498. The molecule has 0 bridgehead atoms. The smallest absolute Gasteiger partial charge is 0.313 e. The van der Waals surface area contributed by atoms with E-state index in [1.165, 1.54) is 7.11 Å². The van der Waals surface area contributed by atoms with E-state index >= 15 is 0 Å². The van der Waals surface area contributed by atoms with Gasteiger partial charge in [0.15, 0.2) is 0 Å². The SMILES string of the molecule is C=CC(C)(C)CCC(=O)CC(=O)OC. The monoisotopic (exact) mass is 198 g/mol. The van der Waals surface area contributed by atoms with Gasteiger partial charge in [-0.15, -0.1) is 6.58 Å². The lowest BCUT2D eigenvalue weighted by molar-refractivity contribution is -0.143. The standard InChI is InChI=1S/C11H18O3/c1-5-11(2,3)7-6-9(12)8-10(13)14-4/h5H,1,6-8H2,2-4H3. The third-order valence-corrected chi connectivity index (χ3v) is 2.17. The molecular formula is C11H18O3. The van der Waals surface area contributed by atoms with Crippen molar-refractivity contribution in [3.8, 4) is 0 Å². The first-order valence-electron chi connectivity index (χ1n) is 4.63. The summed E-state index contributed by atoms with van der Waals surface area (Å²) < 4.78 is 4.40. The first-order chi connectivity index (χ1) is 6.41. The summed E-state index contributed by atoms with van der Waals surface area (Å²) >= 11 is 0. The first kappa shape index (κ1) is 12.9. The normalized spacial score (nSPS) is 10.8. The molecule has 0 spiro atoms. The second kappa shape index (κ2) is 5.58. The second-order valence-electron chi connectivity index (χ2n) is 3.98. The van der Waals surface area contributed by atoms with Gasteiger partial charge < -0.3 is 4.74 Å². The Morgan fingerprint density at radius 1 is 1.43 bits per heavy atom. The molecule has 0 rings (SSSR count). The molecule has 0 amide bonds. The maximum absolute atomic E-state index is 11.2. The van der Waals surface area contributed by atoms with Crippen LogP contribution in [0.2, 0.25) is 0 Å². The van der Waals surface area contributed by atoms with Gasteiger partial charge in [-0.05, 0) is 11.8 Å². The Morgan fingerprint density at radius 3 is 2.43 bits per heavy atom. The number of hydrogen-bond acceptors (Lipinski definition) is 3. The van der Waals surface area contributed by atoms with Crippen LogP contribution in [-0.4, -0.2) is 18.9 Å². The Morgan fingerprint density at radius 2 is 2.00 bits per heavy atom. The number of ether oxygens (including phenoxy) is 1. The molecule has 0 heterocycles. The van der Waals surface area contributed by atoms with E-state index in [0.29, 0.717) is 12.8 Å².